The molecular weight excluding hydrogens is 264 g/mol. The van der Waals surface area contributed by atoms with Crippen LogP contribution in [0.4, 0.5) is 5.69 Å². The van der Waals surface area contributed by atoms with Gasteiger partial charge < -0.3 is 15.4 Å². The minimum Gasteiger partial charge on any atom is -0.489 e. The number of fused-ring (bicyclic) bond motifs is 1. The van der Waals surface area contributed by atoms with E-state index in [-0.39, 0.29) is 11.9 Å². The van der Waals surface area contributed by atoms with Crippen molar-refractivity contribution in [2.45, 2.75) is 13.0 Å². The van der Waals surface area contributed by atoms with E-state index in [0.29, 0.717) is 17.9 Å². The Hall–Kier alpha value is -2.49. The van der Waals surface area contributed by atoms with Gasteiger partial charge in [0.05, 0.1) is 17.3 Å². The van der Waals surface area contributed by atoms with Gasteiger partial charge in [-0.1, -0.05) is 36.4 Å². The Morgan fingerprint density at radius 3 is 2.81 bits per heavy atom. The quantitative estimate of drug-likeness (QED) is 0.910. The van der Waals surface area contributed by atoms with Gasteiger partial charge in [0, 0.05) is 6.54 Å². The van der Waals surface area contributed by atoms with Crippen molar-refractivity contribution in [1.29, 1.82) is 0 Å². The summed E-state index contributed by atoms with van der Waals surface area (Å²) in [5.74, 6) is 0.522. The third-order valence-electron chi connectivity index (χ3n) is 3.57. The highest BCUT2D eigenvalue weighted by molar-refractivity contribution is 5.99. The molecule has 0 radical (unpaired) electrons. The molecule has 0 saturated heterocycles. The van der Waals surface area contributed by atoms with Crippen molar-refractivity contribution in [1.82, 2.24) is 5.32 Å². The molecule has 4 heteroatoms. The van der Waals surface area contributed by atoms with Crippen LogP contribution in [0.3, 0.4) is 0 Å². The highest BCUT2D eigenvalue weighted by Gasteiger charge is 2.20. The lowest BCUT2D eigenvalue weighted by atomic mass is 10.1. The monoisotopic (exact) mass is 282 g/mol. The van der Waals surface area contributed by atoms with Crippen molar-refractivity contribution in [2.24, 2.45) is 0 Å². The summed E-state index contributed by atoms with van der Waals surface area (Å²) in [4.78, 5) is 12.5. The number of anilines is 1. The standard InChI is InChI=1S/C17H18N2O2/c1-12(13-6-3-2-4-7-13)19-17(20)14-8-5-9-15-16(14)21-11-10-18-15/h2-9,12,18H,10-11H2,1H3,(H,19,20)/t12-/m0/s1. The largest absolute Gasteiger partial charge is 0.489 e. The van der Waals surface area contributed by atoms with Crippen molar-refractivity contribution >= 4 is 11.6 Å². The van der Waals surface area contributed by atoms with Crippen LogP contribution >= 0.6 is 0 Å². The predicted molar refractivity (Wildman–Crippen MR) is 82.7 cm³/mol. The molecule has 0 fully saturated rings. The summed E-state index contributed by atoms with van der Waals surface area (Å²) < 4.78 is 5.64. The summed E-state index contributed by atoms with van der Waals surface area (Å²) >= 11 is 0. The second-order valence-electron chi connectivity index (χ2n) is 5.06. The van der Waals surface area contributed by atoms with Crippen LogP contribution in [0.5, 0.6) is 5.75 Å². The van der Waals surface area contributed by atoms with Gasteiger partial charge in [0.15, 0.2) is 5.75 Å². The molecule has 4 nitrogen and oxygen atoms in total. The van der Waals surface area contributed by atoms with Gasteiger partial charge in [-0.2, -0.15) is 0 Å². The maximum absolute atomic E-state index is 12.5. The molecule has 1 aliphatic heterocycles. The van der Waals surface area contributed by atoms with E-state index in [1.165, 1.54) is 0 Å². The fourth-order valence-electron chi connectivity index (χ4n) is 2.45. The first-order valence-electron chi connectivity index (χ1n) is 7.11. The van der Waals surface area contributed by atoms with Gasteiger partial charge in [-0.25, -0.2) is 0 Å². The minimum atomic E-state index is -0.119. The van der Waals surface area contributed by atoms with Crippen molar-refractivity contribution in [2.75, 3.05) is 18.5 Å². The first kappa shape index (κ1) is 13.5. The zero-order chi connectivity index (χ0) is 14.7. The molecule has 0 spiro atoms. The molecule has 2 aromatic rings. The Morgan fingerprint density at radius 2 is 2.00 bits per heavy atom. The molecule has 0 aliphatic carbocycles. The Labute approximate surface area is 124 Å². The number of ether oxygens (including phenoxy) is 1. The van der Waals surface area contributed by atoms with Gasteiger partial charge in [0.2, 0.25) is 0 Å². The molecule has 3 rings (SSSR count). The van der Waals surface area contributed by atoms with E-state index < -0.39 is 0 Å². The molecule has 0 unspecified atom stereocenters. The average Bonchev–Trinajstić information content (AvgIpc) is 2.55. The first-order valence-corrected chi connectivity index (χ1v) is 7.11. The minimum absolute atomic E-state index is 0.0499. The smallest absolute Gasteiger partial charge is 0.255 e. The highest BCUT2D eigenvalue weighted by atomic mass is 16.5. The van der Waals surface area contributed by atoms with E-state index in [0.717, 1.165) is 17.8 Å². The van der Waals surface area contributed by atoms with Crippen molar-refractivity contribution in [3.63, 3.8) is 0 Å². The molecule has 2 N–H and O–H groups in total. The number of benzene rings is 2. The van der Waals surface area contributed by atoms with Gasteiger partial charge in [-0.3, -0.25) is 4.79 Å². The number of hydrogen-bond acceptors (Lipinski definition) is 3. The van der Waals surface area contributed by atoms with E-state index in [1.54, 1.807) is 6.07 Å². The van der Waals surface area contributed by atoms with Crippen molar-refractivity contribution in [3.8, 4) is 5.75 Å². The van der Waals surface area contributed by atoms with Gasteiger partial charge in [-0.15, -0.1) is 0 Å². The Morgan fingerprint density at radius 1 is 1.19 bits per heavy atom. The molecule has 108 valence electrons. The molecular formula is C17H18N2O2. The van der Waals surface area contributed by atoms with E-state index in [4.69, 9.17) is 4.74 Å². The van der Waals surface area contributed by atoms with E-state index in [1.807, 2.05) is 49.4 Å². The van der Waals surface area contributed by atoms with E-state index in [2.05, 4.69) is 10.6 Å². The SMILES string of the molecule is C[C@H](NC(=O)c1cccc2c1OCCN2)c1ccccc1. The van der Waals surface area contributed by atoms with Crippen LogP contribution in [0.2, 0.25) is 0 Å². The van der Waals surface area contributed by atoms with Gasteiger partial charge >= 0.3 is 0 Å². The third-order valence-corrected chi connectivity index (χ3v) is 3.57. The second-order valence-corrected chi connectivity index (χ2v) is 5.06. The van der Waals surface area contributed by atoms with Crippen LogP contribution in [0, 0.1) is 0 Å². The van der Waals surface area contributed by atoms with Crippen LogP contribution in [0.1, 0.15) is 28.9 Å². The Balaban J connectivity index is 1.80. The number of amides is 1. The first-order chi connectivity index (χ1) is 10.3. The zero-order valence-electron chi connectivity index (χ0n) is 11.9. The number of para-hydroxylation sites is 1. The summed E-state index contributed by atoms with van der Waals surface area (Å²) in [6, 6.07) is 15.4. The van der Waals surface area contributed by atoms with Crippen LogP contribution in [0.15, 0.2) is 48.5 Å². The molecule has 0 saturated carbocycles. The highest BCUT2D eigenvalue weighted by Crippen LogP contribution is 2.31. The summed E-state index contributed by atoms with van der Waals surface area (Å²) in [5, 5.41) is 6.25. The van der Waals surface area contributed by atoms with Crippen LogP contribution in [0.25, 0.3) is 0 Å². The maximum atomic E-state index is 12.5. The molecule has 21 heavy (non-hydrogen) atoms. The van der Waals surface area contributed by atoms with Gasteiger partial charge in [0.1, 0.15) is 6.61 Å². The molecule has 2 aromatic carbocycles. The molecule has 1 heterocycles. The second kappa shape index (κ2) is 5.87. The summed E-state index contributed by atoms with van der Waals surface area (Å²) in [5.41, 5.74) is 2.53. The summed E-state index contributed by atoms with van der Waals surface area (Å²) in [6.07, 6.45) is 0. The van der Waals surface area contributed by atoms with Crippen LogP contribution < -0.4 is 15.4 Å². The number of nitrogens with one attached hydrogen (secondary N) is 2. The number of carbonyl (C=O) groups excluding carboxylic acids is 1. The lowest BCUT2D eigenvalue weighted by Crippen LogP contribution is -2.28. The number of carbonyl (C=O) groups is 1. The van der Waals surface area contributed by atoms with Crippen LogP contribution in [-0.2, 0) is 0 Å². The van der Waals surface area contributed by atoms with Crippen LogP contribution in [-0.4, -0.2) is 19.1 Å². The lowest BCUT2D eigenvalue weighted by molar-refractivity contribution is 0.0935. The zero-order valence-corrected chi connectivity index (χ0v) is 11.9. The normalized spacial score (nSPS) is 14.3. The van der Waals surface area contributed by atoms with E-state index >= 15 is 0 Å². The topological polar surface area (TPSA) is 50.4 Å². The van der Waals surface area contributed by atoms with Crippen molar-refractivity contribution in [3.05, 3.63) is 59.7 Å². The average molecular weight is 282 g/mol. The van der Waals surface area contributed by atoms with E-state index in [9.17, 15) is 4.79 Å². The third kappa shape index (κ3) is 2.84. The summed E-state index contributed by atoms with van der Waals surface area (Å²) in [7, 11) is 0. The fourth-order valence-corrected chi connectivity index (χ4v) is 2.45. The molecule has 0 aromatic heterocycles. The maximum Gasteiger partial charge on any atom is 0.255 e. The molecule has 0 bridgehead atoms. The van der Waals surface area contributed by atoms with Gasteiger partial charge in [0.25, 0.3) is 5.91 Å². The fraction of sp³-hybridized carbons (Fsp3) is 0.235. The predicted octanol–water partition coefficient (Wildman–Crippen LogP) is 2.98. The number of hydrogen-bond donors (Lipinski definition) is 2. The molecule has 1 amide bonds. The molecule has 1 atom stereocenters. The summed E-state index contributed by atoms with van der Waals surface area (Å²) in [6.45, 7) is 3.31. The Bertz CT molecular complexity index is 640. The Kier molecular flexibility index (Phi) is 3.77. The lowest BCUT2D eigenvalue weighted by Gasteiger charge is -2.22. The van der Waals surface area contributed by atoms with Gasteiger partial charge in [-0.05, 0) is 24.6 Å². The number of rotatable bonds is 3. The van der Waals surface area contributed by atoms with Crippen molar-refractivity contribution < 1.29 is 9.53 Å². The molecule has 1 aliphatic rings.